The summed E-state index contributed by atoms with van der Waals surface area (Å²) in [6.07, 6.45) is 4.15. The third-order valence-corrected chi connectivity index (χ3v) is 8.52. The number of anilines is 1. The van der Waals surface area contributed by atoms with Gasteiger partial charge in [-0.05, 0) is 12.8 Å². The zero-order valence-electron chi connectivity index (χ0n) is 16.2. The molecule has 0 spiro atoms. The molecule has 1 aliphatic carbocycles. The molecule has 2 heterocycles. The number of nitrogens with two attached hydrogens (primary N) is 1. The molecule has 0 radical (unpaired) electrons. The Bertz CT molecular complexity index is 1260. The summed E-state index contributed by atoms with van der Waals surface area (Å²) in [5, 5.41) is 10.5. The number of rotatable bonds is 8. The van der Waals surface area contributed by atoms with Gasteiger partial charge in [-0.1, -0.05) is 5.92 Å². The summed E-state index contributed by atoms with van der Waals surface area (Å²) in [6.45, 7) is -0.886. The van der Waals surface area contributed by atoms with Crippen LogP contribution in [0.3, 0.4) is 0 Å². The minimum absolute atomic E-state index is 0.0120. The largest absolute Gasteiger partial charge is 0.490 e. The third kappa shape index (κ3) is 5.83. The molecule has 2 aromatic rings. The number of hydrogen-bond acceptors (Lipinski definition) is 11. The first-order valence-electron chi connectivity index (χ1n) is 8.66. The number of nitrogens with zero attached hydrogens (tertiary/aromatic N) is 4. The second kappa shape index (κ2) is 8.77. The summed E-state index contributed by atoms with van der Waals surface area (Å²) >= 11 is 0. The summed E-state index contributed by atoms with van der Waals surface area (Å²) < 4.78 is 61.0. The second-order valence-corrected chi connectivity index (χ2v) is 11.4. The Morgan fingerprint density at radius 2 is 1.91 bits per heavy atom. The lowest BCUT2D eigenvalue weighted by atomic mass is 9.86. The maximum absolute atomic E-state index is 13.6. The van der Waals surface area contributed by atoms with Crippen molar-refractivity contribution in [3.8, 4) is 12.3 Å². The van der Waals surface area contributed by atoms with Gasteiger partial charge in [0.05, 0.1) is 24.5 Å². The monoisotopic (exact) mass is 531 g/mol. The molecule has 1 fully saturated rings. The maximum Gasteiger partial charge on any atom is 0.490 e. The van der Waals surface area contributed by atoms with Gasteiger partial charge >= 0.3 is 29.5 Å². The van der Waals surface area contributed by atoms with Gasteiger partial charge in [-0.2, -0.15) is 23.0 Å². The van der Waals surface area contributed by atoms with Crippen LogP contribution in [0.25, 0.3) is 11.2 Å². The van der Waals surface area contributed by atoms with Crippen molar-refractivity contribution in [3.63, 3.8) is 0 Å². The lowest BCUT2D eigenvalue weighted by Crippen LogP contribution is -2.33. The smallest absolute Gasteiger partial charge is 0.391 e. The molecule has 0 aliphatic heterocycles. The molecule has 5 unspecified atom stereocenters. The molecule has 3 rings (SSSR count). The lowest BCUT2D eigenvalue weighted by molar-refractivity contribution is 0.0443. The number of aromatic nitrogens is 4. The number of imidazole rings is 1. The summed E-state index contributed by atoms with van der Waals surface area (Å²) in [6, 6.07) is -0.653. The number of halogens is 1. The number of nitrogen functional groups attached to an aromatic ring is 1. The molecule has 16 nitrogen and oxygen atoms in total. The molecular weight excluding hydrogens is 514 g/mol. The summed E-state index contributed by atoms with van der Waals surface area (Å²) in [7, 11) is -16.7. The Kier molecular flexibility index (Phi) is 6.86. The Hall–Kier alpha value is -1.79. The molecule has 182 valence electrons. The minimum Gasteiger partial charge on any atom is -0.391 e. The van der Waals surface area contributed by atoms with Crippen LogP contribution >= 0.6 is 23.5 Å². The van der Waals surface area contributed by atoms with Crippen molar-refractivity contribution in [1.82, 2.24) is 19.5 Å². The van der Waals surface area contributed by atoms with Crippen molar-refractivity contribution in [2.45, 2.75) is 25.0 Å². The van der Waals surface area contributed by atoms with E-state index >= 15 is 0 Å². The topological polar surface area (TPSA) is 250 Å². The van der Waals surface area contributed by atoms with E-state index < -0.39 is 53.7 Å². The second-order valence-electron chi connectivity index (χ2n) is 6.98. The molecule has 2 aromatic heterocycles. The van der Waals surface area contributed by atoms with Crippen LogP contribution in [0.5, 0.6) is 0 Å². The first-order valence-corrected chi connectivity index (χ1v) is 13.2. The van der Waals surface area contributed by atoms with Crippen molar-refractivity contribution >= 4 is 40.4 Å². The summed E-state index contributed by atoms with van der Waals surface area (Å²) in [5.74, 6) is 2.03. The van der Waals surface area contributed by atoms with Crippen LogP contribution < -0.4 is 5.73 Å². The van der Waals surface area contributed by atoms with Crippen LogP contribution in [-0.2, 0) is 26.8 Å². The van der Waals surface area contributed by atoms with Crippen LogP contribution in [0.4, 0.5) is 10.2 Å². The van der Waals surface area contributed by atoms with E-state index in [9.17, 15) is 33.0 Å². The lowest BCUT2D eigenvalue weighted by Gasteiger charge is -2.27. The number of phosphoric acid groups is 3. The molecule has 0 saturated heterocycles. The molecule has 1 saturated carbocycles. The highest BCUT2D eigenvalue weighted by molar-refractivity contribution is 7.66. The average molecular weight is 531 g/mol. The SMILES string of the molecule is C#CC1(COP(=O)(O)OP(=O)(O)OP(=O)(O)O)CC(n2cnc3c(N)nc(F)nc32)CC1O. The molecule has 33 heavy (non-hydrogen) atoms. The van der Waals surface area contributed by atoms with Crippen LogP contribution in [-0.4, -0.2) is 56.9 Å². The van der Waals surface area contributed by atoms with Crippen LogP contribution in [0, 0.1) is 23.8 Å². The molecular formula is C13H17FN5O11P3. The number of aliphatic hydroxyl groups is 1. The van der Waals surface area contributed by atoms with Gasteiger partial charge in [0.15, 0.2) is 11.5 Å². The van der Waals surface area contributed by atoms with Gasteiger partial charge in [0.1, 0.15) is 5.52 Å². The predicted molar refractivity (Wildman–Crippen MR) is 105 cm³/mol. The molecule has 5 atom stereocenters. The average Bonchev–Trinajstić information content (AvgIpc) is 3.18. The Labute approximate surface area is 184 Å². The fourth-order valence-electron chi connectivity index (χ4n) is 3.36. The molecule has 1 aliphatic rings. The van der Waals surface area contributed by atoms with E-state index in [2.05, 4.69) is 34.0 Å². The van der Waals surface area contributed by atoms with Gasteiger partial charge in [0.2, 0.25) is 0 Å². The predicted octanol–water partition coefficient (Wildman–Crippen LogP) is 0.206. The number of terminal acetylenes is 1. The van der Waals surface area contributed by atoms with E-state index in [0.717, 1.165) is 0 Å². The first-order chi connectivity index (χ1) is 15.1. The fraction of sp³-hybridized carbons (Fsp3) is 0.462. The van der Waals surface area contributed by atoms with E-state index in [1.807, 2.05) is 0 Å². The highest BCUT2D eigenvalue weighted by Gasteiger charge is 2.49. The van der Waals surface area contributed by atoms with Crippen LogP contribution in [0.2, 0.25) is 0 Å². The number of aliphatic hydroxyl groups excluding tert-OH is 1. The molecule has 0 aromatic carbocycles. The highest BCUT2D eigenvalue weighted by atomic mass is 31.3. The van der Waals surface area contributed by atoms with Crippen LogP contribution in [0.15, 0.2) is 6.33 Å². The van der Waals surface area contributed by atoms with Crippen molar-refractivity contribution in [2.24, 2.45) is 5.41 Å². The molecule has 0 amide bonds. The minimum atomic E-state index is -5.72. The Balaban J connectivity index is 1.78. The molecule has 7 N–H and O–H groups in total. The van der Waals surface area contributed by atoms with Gasteiger partial charge in [0.25, 0.3) is 0 Å². The van der Waals surface area contributed by atoms with Crippen molar-refractivity contribution in [2.75, 3.05) is 12.3 Å². The normalized spacial score (nSPS) is 27.2. The van der Waals surface area contributed by atoms with Gasteiger partial charge in [-0.25, -0.2) is 18.7 Å². The highest BCUT2D eigenvalue weighted by Crippen LogP contribution is 2.66. The van der Waals surface area contributed by atoms with E-state index in [1.54, 1.807) is 0 Å². The van der Waals surface area contributed by atoms with E-state index in [0.29, 0.717) is 0 Å². The maximum atomic E-state index is 13.6. The van der Waals surface area contributed by atoms with Crippen LogP contribution in [0.1, 0.15) is 18.9 Å². The van der Waals surface area contributed by atoms with E-state index in [4.69, 9.17) is 21.9 Å². The fourth-order valence-corrected chi connectivity index (χ4v) is 6.45. The zero-order chi connectivity index (χ0) is 24.8. The summed E-state index contributed by atoms with van der Waals surface area (Å²) in [4.78, 5) is 47.0. The van der Waals surface area contributed by atoms with E-state index in [-0.39, 0.29) is 29.8 Å². The zero-order valence-corrected chi connectivity index (χ0v) is 18.9. The number of hydrogen-bond donors (Lipinski definition) is 6. The van der Waals surface area contributed by atoms with Crippen molar-refractivity contribution in [3.05, 3.63) is 12.4 Å². The van der Waals surface area contributed by atoms with Gasteiger partial charge < -0.3 is 35.0 Å². The number of phosphoric ester groups is 1. The summed E-state index contributed by atoms with van der Waals surface area (Å²) in [5.41, 5.74) is 4.09. The number of fused-ring (bicyclic) bond motifs is 1. The molecule has 0 bridgehead atoms. The van der Waals surface area contributed by atoms with Crippen molar-refractivity contribution in [1.29, 1.82) is 0 Å². The quantitative estimate of drug-likeness (QED) is 0.151. The third-order valence-electron chi connectivity index (χ3n) is 4.74. The Morgan fingerprint density at radius 3 is 2.52 bits per heavy atom. The standard InChI is InChI=1S/C13H17FN5O11P3/c1-2-13(5-28-32(24,25)30-33(26,27)29-31(21,22)23)4-7(3-8(13)20)19-6-16-9-10(15)17-12(14)18-11(9)19/h1,6-8,20H,3-5H2,(H,24,25)(H,26,27)(H2,15,17,18)(H2,21,22,23). The van der Waals surface area contributed by atoms with Gasteiger partial charge in [-0.15, -0.1) is 6.42 Å². The van der Waals surface area contributed by atoms with Crippen molar-refractivity contribution < 1.29 is 55.9 Å². The van der Waals surface area contributed by atoms with Gasteiger partial charge in [-0.3, -0.25) is 4.52 Å². The molecule has 20 heteroatoms. The Morgan fingerprint density at radius 1 is 1.24 bits per heavy atom. The first kappa shape index (κ1) is 25.8. The van der Waals surface area contributed by atoms with Gasteiger partial charge in [0, 0.05) is 6.04 Å². The van der Waals surface area contributed by atoms with E-state index in [1.165, 1.54) is 10.9 Å².